The number of hydrogen-bond donors (Lipinski definition) is 2. The number of carbonyl (C=O) groups excluding carboxylic acids is 1. The molecule has 1 aromatic rings. The highest BCUT2D eigenvalue weighted by molar-refractivity contribution is 5.85. The van der Waals surface area contributed by atoms with E-state index in [0.29, 0.717) is 13.1 Å². The largest absolute Gasteiger partial charge is 0.354 e. The number of hydrogen-bond acceptors (Lipinski definition) is 2. The third kappa shape index (κ3) is 3.67. The minimum Gasteiger partial charge on any atom is -0.354 e. The zero-order valence-corrected chi connectivity index (χ0v) is 11.9. The molecule has 19 heavy (non-hydrogen) atoms. The smallest absolute Gasteiger partial charge is 0.233 e. The molecule has 0 bridgehead atoms. The van der Waals surface area contributed by atoms with Crippen molar-refractivity contribution < 1.29 is 9.18 Å². The summed E-state index contributed by atoms with van der Waals surface area (Å²) >= 11 is 0. The molecule has 2 rings (SSSR count). The van der Waals surface area contributed by atoms with Gasteiger partial charge in [-0.05, 0) is 37.6 Å². The Morgan fingerprint density at radius 2 is 1.95 bits per heavy atom. The van der Waals surface area contributed by atoms with Gasteiger partial charge in [-0.2, -0.15) is 0 Å². The first-order chi connectivity index (χ1) is 8.66. The minimum atomic E-state index is -0.215. The first-order valence-electron chi connectivity index (χ1n) is 6.34. The Hall–Kier alpha value is -1.13. The third-order valence-corrected chi connectivity index (χ3v) is 3.73. The lowest BCUT2D eigenvalue weighted by atomic mass is 9.64. The van der Waals surface area contributed by atoms with Gasteiger partial charge in [0.1, 0.15) is 5.82 Å². The van der Waals surface area contributed by atoms with Crippen molar-refractivity contribution in [2.45, 2.75) is 24.7 Å². The maximum Gasteiger partial charge on any atom is 0.233 e. The van der Waals surface area contributed by atoms with Crippen molar-refractivity contribution in [3.05, 3.63) is 35.6 Å². The van der Waals surface area contributed by atoms with Crippen LogP contribution in [-0.2, 0) is 10.2 Å². The summed E-state index contributed by atoms with van der Waals surface area (Å²) in [5.41, 5.74) is 1.14. The quantitative estimate of drug-likeness (QED) is 0.869. The molecule has 1 aliphatic carbocycles. The average Bonchev–Trinajstić information content (AvgIpc) is 2.30. The molecular formula is C14H20ClFN2O. The topological polar surface area (TPSA) is 41.1 Å². The molecule has 5 heteroatoms. The second kappa shape index (κ2) is 6.87. The Morgan fingerprint density at radius 3 is 2.42 bits per heavy atom. The summed E-state index contributed by atoms with van der Waals surface area (Å²) in [6, 6.07) is 6.65. The Kier molecular flexibility index (Phi) is 5.76. The molecule has 1 fully saturated rings. The van der Waals surface area contributed by atoms with E-state index in [1.54, 1.807) is 7.05 Å². The Bertz CT molecular complexity index is 418. The first-order valence-corrected chi connectivity index (χ1v) is 6.34. The number of halogens is 2. The Morgan fingerprint density at radius 1 is 1.32 bits per heavy atom. The van der Waals surface area contributed by atoms with Crippen LogP contribution in [-0.4, -0.2) is 26.0 Å². The summed E-state index contributed by atoms with van der Waals surface area (Å²) < 4.78 is 12.9. The maximum atomic E-state index is 12.9. The summed E-state index contributed by atoms with van der Waals surface area (Å²) in [5, 5.41) is 5.77. The number of amides is 1. The van der Waals surface area contributed by atoms with Crippen molar-refractivity contribution in [1.82, 2.24) is 10.6 Å². The zero-order valence-electron chi connectivity index (χ0n) is 11.0. The predicted octanol–water partition coefficient (Wildman–Crippen LogP) is 2.00. The van der Waals surface area contributed by atoms with Gasteiger partial charge in [0.05, 0.1) is 6.54 Å². The molecular weight excluding hydrogens is 267 g/mol. The maximum absolute atomic E-state index is 12.9. The van der Waals surface area contributed by atoms with Gasteiger partial charge in [0, 0.05) is 12.0 Å². The van der Waals surface area contributed by atoms with E-state index in [1.807, 2.05) is 12.1 Å². The van der Waals surface area contributed by atoms with Crippen LogP contribution in [0.5, 0.6) is 0 Å². The number of carbonyl (C=O) groups is 1. The van der Waals surface area contributed by atoms with Crippen molar-refractivity contribution in [1.29, 1.82) is 0 Å². The molecule has 0 radical (unpaired) electrons. The van der Waals surface area contributed by atoms with E-state index in [0.717, 1.165) is 18.4 Å². The lowest BCUT2D eigenvalue weighted by molar-refractivity contribution is -0.120. The lowest BCUT2D eigenvalue weighted by Gasteiger charge is -2.42. The van der Waals surface area contributed by atoms with E-state index >= 15 is 0 Å². The molecule has 0 aliphatic heterocycles. The van der Waals surface area contributed by atoms with Gasteiger partial charge in [0.25, 0.3) is 0 Å². The monoisotopic (exact) mass is 286 g/mol. The van der Waals surface area contributed by atoms with E-state index in [4.69, 9.17) is 0 Å². The van der Waals surface area contributed by atoms with E-state index in [1.165, 1.54) is 18.6 Å². The van der Waals surface area contributed by atoms with E-state index < -0.39 is 0 Å². The lowest BCUT2D eigenvalue weighted by Crippen LogP contribution is -2.47. The highest BCUT2D eigenvalue weighted by atomic mass is 35.5. The fourth-order valence-electron chi connectivity index (χ4n) is 2.47. The Balaban J connectivity index is 0.00000180. The van der Waals surface area contributed by atoms with Crippen LogP contribution in [0.1, 0.15) is 24.8 Å². The van der Waals surface area contributed by atoms with Crippen LogP contribution in [0.15, 0.2) is 24.3 Å². The molecule has 1 amide bonds. The van der Waals surface area contributed by atoms with E-state index in [-0.39, 0.29) is 29.5 Å². The molecule has 0 saturated heterocycles. The van der Waals surface area contributed by atoms with Crippen molar-refractivity contribution in [2.24, 2.45) is 0 Å². The average molecular weight is 287 g/mol. The molecule has 0 aromatic heterocycles. The van der Waals surface area contributed by atoms with Crippen LogP contribution in [0.2, 0.25) is 0 Å². The fourth-order valence-corrected chi connectivity index (χ4v) is 2.47. The molecule has 0 spiro atoms. The number of rotatable bonds is 5. The SMILES string of the molecule is CNCC(=O)NCC1(c2ccc(F)cc2)CCC1.Cl. The van der Waals surface area contributed by atoms with Crippen LogP contribution in [0.3, 0.4) is 0 Å². The van der Waals surface area contributed by atoms with Gasteiger partial charge in [0.15, 0.2) is 0 Å². The van der Waals surface area contributed by atoms with Crippen molar-refractivity contribution in [2.75, 3.05) is 20.1 Å². The van der Waals surface area contributed by atoms with Gasteiger partial charge in [-0.25, -0.2) is 4.39 Å². The van der Waals surface area contributed by atoms with Gasteiger partial charge in [0.2, 0.25) is 5.91 Å². The summed E-state index contributed by atoms with van der Waals surface area (Å²) in [5.74, 6) is -0.210. The third-order valence-electron chi connectivity index (χ3n) is 3.73. The van der Waals surface area contributed by atoms with Gasteiger partial charge in [-0.15, -0.1) is 12.4 Å². The van der Waals surface area contributed by atoms with Crippen LogP contribution in [0.4, 0.5) is 4.39 Å². The molecule has 3 nitrogen and oxygen atoms in total. The first kappa shape index (κ1) is 15.9. The van der Waals surface area contributed by atoms with Crippen molar-refractivity contribution in [3.63, 3.8) is 0 Å². The number of nitrogens with one attached hydrogen (secondary N) is 2. The van der Waals surface area contributed by atoms with Crippen molar-refractivity contribution in [3.8, 4) is 0 Å². The van der Waals surface area contributed by atoms with Gasteiger partial charge in [-0.1, -0.05) is 18.6 Å². The van der Waals surface area contributed by atoms with Crippen molar-refractivity contribution >= 4 is 18.3 Å². The molecule has 0 heterocycles. The van der Waals surface area contributed by atoms with Crippen LogP contribution in [0.25, 0.3) is 0 Å². The molecule has 1 aromatic carbocycles. The summed E-state index contributed by atoms with van der Waals surface area (Å²) in [7, 11) is 1.75. The number of likely N-dealkylation sites (N-methyl/N-ethyl adjacent to an activating group) is 1. The molecule has 106 valence electrons. The van der Waals surface area contributed by atoms with Crippen LogP contribution >= 0.6 is 12.4 Å². The standard InChI is InChI=1S/C14H19FN2O.ClH/c1-16-9-13(18)17-10-14(7-2-8-14)11-3-5-12(15)6-4-11;/h3-6,16H,2,7-10H2,1H3,(H,17,18);1H. The van der Waals surface area contributed by atoms with E-state index in [9.17, 15) is 9.18 Å². The minimum absolute atomic E-state index is 0. The fraction of sp³-hybridized carbons (Fsp3) is 0.500. The Labute approximate surface area is 119 Å². The predicted molar refractivity (Wildman–Crippen MR) is 76.1 cm³/mol. The van der Waals surface area contributed by atoms with Crippen LogP contribution in [0, 0.1) is 5.82 Å². The molecule has 1 aliphatic rings. The highest BCUT2D eigenvalue weighted by Gasteiger charge is 2.38. The highest BCUT2D eigenvalue weighted by Crippen LogP contribution is 2.43. The summed E-state index contributed by atoms with van der Waals surface area (Å²) in [4.78, 5) is 11.5. The number of benzene rings is 1. The molecule has 1 saturated carbocycles. The molecule has 0 atom stereocenters. The van der Waals surface area contributed by atoms with Gasteiger partial charge in [-0.3, -0.25) is 4.79 Å². The normalized spacial score (nSPS) is 16.1. The summed E-state index contributed by atoms with van der Waals surface area (Å²) in [6.45, 7) is 0.971. The second-order valence-corrected chi connectivity index (χ2v) is 4.95. The van der Waals surface area contributed by atoms with Gasteiger partial charge >= 0.3 is 0 Å². The zero-order chi connectivity index (χ0) is 13.0. The van der Waals surface area contributed by atoms with Gasteiger partial charge < -0.3 is 10.6 Å². The van der Waals surface area contributed by atoms with E-state index in [2.05, 4.69) is 10.6 Å². The summed E-state index contributed by atoms with van der Waals surface area (Å²) in [6.07, 6.45) is 3.27. The molecule has 0 unspecified atom stereocenters. The molecule has 2 N–H and O–H groups in total. The van der Waals surface area contributed by atoms with Crippen LogP contribution < -0.4 is 10.6 Å². The second-order valence-electron chi connectivity index (χ2n) is 4.95.